The number of benzene rings is 2. The number of anilines is 1. The van der Waals surface area contributed by atoms with Crippen LogP contribution in [0.2, 0.25) is 0 Å². The lowest BCUT2D eigenvalue weighted by Crippen LogP contribution is -2.23. The molecule has 0 spiro atoms. The van der Waals surface area contributed by atoms with Crippen LogP contribution in [-0.2, 0) is 17.9 Å². The third-order valence-electron chi connectivity index (χ3n) is 4.30. The van der Waals surface area contributed by atoms with E-state index in [0.717, 1.165) is 52.0 Å². The van der Waals surface area contributed by atoms with Crippen molar-refractivity contribution < 1.29 is 9.53 Å². The Balaban J connectivity index is 1.61. The first kappa shape index (κ1) is 19.4. The van der Waals surface area contributed by atoms with Gasteiger partial charge in [0.15, 0.2) is 0 Å². The van der Waals surface area contributed by atoms with E-state index in [1.54, 1.807) is 0 Å². The zero-order chi connectivity index (χ0) is 18.5. The van der Waals surface area contributed by atoms with Crippen molar-refractivity contribution >= 4 is 43.5 Å². The van der Waals surface area contributed by atoms with Crippen LogP contribution in [0.1, 0.15) is 30.9 Å². The SMILES string of the molecule is CCOc1c(Br)cc(CNCc2cccc(N3CCCC3=O)c2)cc1Br. The Hall–Kier alpha value is -1.37. The fourth-order valence-corrected chi connectivity index (χ4v) is 4.61. The first-order valence-electron chi connectivity index (χ1n) is 8.79. The van der Waals surface area contributed by atoms with Crippen molar-refractivity contribution in [2.45, 2.75) is 32.9 Å². The van der Waals surface area contributed by atoms with Crippen molar-refractivity contribution in [3.63, 3.8) is 0 Å². The van der Waals surface area contributed by atoms with Crippen molar-refractivity contribution in [3.05, 3.63) is 56.5 Å². The van der Waals surface area contributed by atoms with Gasteiger partial charge in [-0.05, 0) is 80.6 Å². The summed E-state index contributed by atoms with van der Waals surface area (Å²) < 4.78 is 7.51. The number of hydrogen-bond donors (Lipinski definition) is 1. The summed E-state index contributed by atoms with van der Waals surface area (Å²) in [7, 11) is 0. The average Bonchev–Trinajstić information content (AvgIpc) is 3.04. The molecule has 0 saturated carbocycles. The Labute approximate surface area is 171 Å². The molecule has 0 bridgehead atoms. The molecule has 2 aromatic rings. The van der Waals surface area contributed by atoms with Gasteiger partial charge in [-0.15, -0.1) is 0 Å². The van der Waals surface area contributed by atoms with E-state index in [-0.39, 0.29) is 5.91 Å². The largest absolute Gasteiger partial charge is 0.492 e. The number of nitrogens with zero attached hydrogens (tertiary/aromatic N) is 1. The lowest BCUT2D eigenvalue weighted by molar-refractivity contribution is -0.117. The molecule has 0 unspecified atom stereocenters. The van der Waals surface area contributed by atoms with Gasteiger partial charge in [0, 0.05) is 31.7 Å². The number of carbonyl (C=O) groups is 1. The Kier molecular flexibility index (Phi) is 6.73. The molecule has 138 valence electrons. The topological polar surface area (TPSA) is 41.6 Å². The van der Waals surface area contributed by atoms with Crippen molar-refractivity contribution in [3.8, 4) is 5.75 Å². The Morgan fingerprint density at radius 1 is 1.12 bits per heavy atom. The molecule has 4 nitrogen and oxygen atoms in total. The molecule has 1 N–H and O–H groups in total. The van der Waals surface area contributed by atoms with Crippen molar-refractivity contribution in [2.75, 3.05) is 18.1 Å². The number of carbonyl (C=O) groups excluding carboxylic acids is 1. The summed E-state index contributed by atoms with van der Waals surface area (Å²) in [6.07, 6.45) is 1.60. The monoisotopic (exact) mass is 480 g/mol. The molecule has 1 heterocycles. The molecule has 1 fully saturated rings. The highest BCUT2D eigenvalue weighted by Crippen LogP contribution is 2.34. The third kappa shape index (κ3) is 4.67. The zero-order valence-corrected chi connectivity index (χ0v) is 17.9. The quantitative estimate of drug-likeness (QED) is 0.603. The van der Waals surface area contributed by atoms with Crippen molar-refractivity contribution in [1.29, 1.82) is 0 Å². The van der Waals surface area contributed by atoms with Crippen LogP contribution in [0.3, 0.4) is 0 Å². The second kappa shape index (κ2) is 9.02. The number of hydrogen-bond acceptors (Lipinski definition) is 3. The first-order valence-corrected chi connectivity index (χ1v) is 10.4. The molecule has 1 amide bonds. The third-order valence-corrected chi connectivity index (χ3v) is 5.48. The maximum atomic E-state index is 11.9. The van der Waals surface area contributed by atoms with E-state index in [2.05, 4.69) is 61.4 Å². The molecular formula is C20H22Br2N2O2. The maximum Gasteiger partial charge on any atom is 0.227 e. The molecule has 6 heteroatoms. The van der Waals surface area contributed by atoms with Crippen LogP contribution in [0, 0.1) is 0 Å². The van der Waals surface area contributed by atoms with Crippen LogP contribution in [-0.4, -0.2) is 19.1 Å². The summed E-state index contributed by atoms with van der Waals surface area (Å²) in [6.45, 7) is 4.92. The predicted octanol–water partition coefficient (Wildman–Crippen LogP) is 5.03. The van der Waals surface area contributed by atoms with E-state index in [1.807, 2.05) is 24.0 Å². The lowest BCUT2D eigenvalue weighted by atomic mass is 10.1. The highest BCUT2D eigenvalue weighted by atomic mass is 79.9. The van der Waals surface area contributed by atoms with Gasteiger partial charge in [0.25, 0.3) is 0 Å². The molecular weight excluding hydrogens is 460 g/mol. The van der Waals surface area contributed by atoms with E-state index < -0.39 is 0 Å². The van der Waals surface area contributed by atoms with Crippen LogP contribution >= 0.6 is 31.9 Å². The van der Waals surface area contributed by atoms with Gasteiger partial charge in [-0.2, -0.15) is 0 Å². The maximum absolute atomic E-state index is 11.9. The summed E-state index contributed by atoms with van der Waals surface area (Å²) in [5, 5.41) is 3.47. The van der Waals surface area contributed by atoms with Crippen molar-refractivity contribution in [1.82, 2.24) is 5.32 Å². The van der Waals surface area contributed by atoms with Crippen LogP contribution in [0.15, 0.2) is 45.3 Å². The average molecular weight is 482 g/mol. The molecule has 0 atom stereocenters. The predicted molar refractivity (Wildman–Crippen MR) is 112 cm³/mol. The minimum atomic E-state index is 0.221. The van der Waals surface area contributed by atoms with Crippen molar-refractivity contribution in [2.24, 2.45) is 0 Å². The van der Waals surface area contributed by atoms with Gasteiger partial charge in [-0.25, -0.2) is 0 Å². The first-order chi connectivity index (χ1) is 12.6. The summed E-state index contributed by atoms with van der Waals surface area (Å²) >= 11 is 7.14. The second-order valence-electron chi connectivity index (χ2n) is 6.24. The van der Waals surface area contributed by atoms with E-state index >= 15 is 0 Å². The fraction of sp³-hybridized carbons (Fsp3) is 0.350. The Morgan fingerprint density at radius 2 is 1.85 bits per heavy atom. The molecule has 1 aliphatic rings. The minimum absolute atomic E-state index is 0.221. The lowest BCUT2D eigenvalue weighted by Gasteiger charge is -2.17. The van der Waals surface area contributed by atoms with Gasteiger partial charge in [-0.3, -0.25) is 4.79 Å². The van der Waals surface area contributed by atoms with Crippen LogP contribution < -0.4 is 15.0 Å². The summed E-state index contributed by atoms with van der Waals surface area (Å²) in [6, 6.07) is 12.3. The molecule has 0 aromatic heterocycles. The van der Waals surface area contributed by atoms with Crippen LogP contribution in [0.4, 0.5) is 5.69 Å². The van der Waals surface area contributed by atoms with Crippen LogP contribution in [0.5, 0.6) is 5.75 Å². The summed E-state index contributed by atoms with van der Waals surface area (Å²) in [5.74, 6) is 1.05. The molecule has 0 radical (unpaired) electrons. The highest BCUT2D eigenvalue weighted by molar-refractivity contribution is 9.11. The van der Waals surface area contributed by atoms with Gasteiger partial charge in [0.2, 0.25) is 5.91 Å². The zero-order valence-electron chi connectivity index (χ0n) is 14.7. The van der Waals surface area contributed by atoms with E-state index in [9.17, 15) is 4.79 Å². The summed E-state index contributed by atoms with van der Waals surface area (Å²) in [5.41, 5.74) is 3.34. The van der Waals surface area contributed by atoms with Gasteiger partial charge in [0.1, 0.15) is 5.75 Å². The molecule has 2 aromatic carbocycles. The number of nitrogens with one attached hydrogen (secondary N) is 1. The molecule has 26 heavy (non-hydrogen) atoms. The van der Waals surface area contributed by atoms with E-state index in [1.165, 1.54) is 5.56 Å². The standard InChI is InChI=1S/C20H22Br2N2O2/c1-2-26-20-17(21)10-15(11-18(20)22)13-23-12-14-5-3-6-16(9-14)24-8-4-7-19(24)25/h3,5-6,9-11,23H,2,4,7-8,12-13H2,1H3. The summed E-state index contributed by atoms with van der Waals surface area (Å²) in [4.78, 5) is 13.8. The van der Waals surface area contributed by atoms with E-state index in [0.29, 0.717) is 13.0 Å². The second-order valence-corrected chi connectivity index (χ2v) is 7.95. The number of amides is 1. The molecule has 3 rings (SSSR count). The van der Waals surface area contributed by atoms with Gasteiger partial charge < -0.3 is 15.0 Å². The fourth-order valence-electron chi connectivity index (χ4n) is 3.10. The number of rotatable bonds is 7. The Morgan fingerprint density at radius 3 is 2.50 bits per heavy atom. The van der Waals surface area contributed by atoms with Gasteiger partial charge in [-0.1, -0.05) is 12.1 Å². The van der Waals surface area contributed by atoms with Gasteiger partial charge in [0.05, 0.1) is 15.6 Å². The number of halogens is 2. The smallest absolute Gasteiger partial charge is 0.227 e. The van der Waals surface area contributed by atoms with E-state index in [4.69, 9.17) is 4.74 Å². The molecule has 0 aliphatic carbocycles. The van der Waals surface area contributed by atoms with Gasteiger partial charge >= 0.3 is 0 Å². The highest BCUT2D eigenvalue weighted by Gasteiger charge is 2.21. The minimum Gasteiger partial charge on any atom is -0.492 e. The normalized spacial score (nSPS) is 14.1. The van der Waals surface area contributed by atoms with Crippen LogP contribution in [0.25, 0.3) is 0 Å². The molecule has 1 aliphatic heterocycles. The molecule has 1 saturated heterocycles. The number of ether oxygens (including phenoxy) is 1. The Bertz CT molecular complexity index is 772.